The van der Waals surface area contributed by atoms with E-state index in [0.717, 1.165) is 16.8 Å². The number of hydrogen-bond acceptors (Lipinski definition) is 2. The van der Waals surface area contributed by atoms with Crippen molar-refractivity contribution in [2.24, 2.45) is 5.92 Å². The molecule has 3 rings (SSSR count). The standard InChI is InChI=1S/C19H20N2O2/c1-14-7-5-6-10-17(14)21-12-11-16(19(21)23)18(22)20-13-15-8-3-2-4-9-15/h2-10,16H,11-13H2,1H3,(H,20,22). The molecule has 4 heteroatoms. The lowest BCUT2D eigenvalue weighted by Gasteiger charge is -2.19. The Hall–Kier alpha value is -2.62. The summed E-state index contributed by atoms with van der Waals surface area (Å²) < 4.78 is 0. The molecule has 2 aromatic rings. The molecule has 1 aliphatic heterocycles. The fourth-order valence-corrected chi connectivity index (χ4v) is 2.94. The zero-order chi connectivity index (χ0) is 16.2. The SMILES string of the molecule is Cc1ccccc1N1CCC(C(=O)NCc2ccccc2)C1=O. The van der Waals surface area contributed by atoms with Crippen LogP contribution in [0.15, 0.2) is 54.6 Å². The quantitative estimate of drug-likeness (QED) is 0.883. The van der Waals surface area contributed by atoms with E-state index in [0.29, 0.717) is 19.5 Å². The van der Waals surface area contributed by atoms with Crippen molar-refractivity contribution < 1.29 is 9.59 Å². The Kier molecular flexibility index (Phi) is 4.42. The van der Waals surface area contributed by atoms with Crippen molar-refractivity contribution in [2.75, 3.05) is 11.4 Å². The molecule has 118 valence electrons. The van der Waals surface area contributed by atoms with Crippen LogP contribution in [0.5, 0.6) is 0 Å². The number of aryl methyl sites for hydroxylation is 1. The van der Waals surface area contributed by atoms with E-state index in [1.807, 2.05) is 61.5 Å². The van der Waals surface area contributed by atoms with Crippen molar-refractivity contribution in [1.29, 1.82) is 0 Å². The number of carbonyl (C=O) groups is 2. The largest absolute Gasteiger partial charge is 0.351 e. The maximum atomic E-state index is 12.6. The molecule has 1 unspecified atom stereocenters. The third-order valence-corrected chi connectivity index (χ3v) is 4.24. The van der Waals surface area contributed by atoms with E-state index in [-0.39, 0.29) is 11.8 Å². The lowest BCUT2D eigenvalue weighted by Crippen LogP contribution is -2.36. The average Bonchev–Trinajstić information content (AvgIpc) is 2.95. The van der Waals surface area contributed by atoms with Crippen LogP contribution in [0.4, 0.5) is 5.69 Å². The summed E-state index contributed by atoms with van der Waals surface area (Å²) in [7, 11) is 0. The number of para-hydroxylation sites is 1. The molecule has 4 nitrogen and oxygen atoms in total. The van der Waals surface area contributed by atoms with Crippen molar-refractivity contribution in [2.45, 2.75) is 19.9 Å². The van der Waals surface area contributed by atoms with Crippen molar-refractivity contribution in [1.82, 2.24) is 5.32 Å². The smallest absolute Gasteiger partial charge is 0.239 e. The Balaban J connectivity index is 1.65. The van der Waals surface area contributed by atoms with Crippen molar-refractivity contribution in [3.05, 3.63) is 65.7 Å². The summed E-state index contributed by atoms with van der Waals surface area (Å²) in [5.74, 6) is -0.877. The summed E-state index contributed by atoms with van der Waals surface area (Å²) in [6.07, 6.45) is 0.563. The Morgan fingerprint density at radius 3 is 2.57 bits per heavy atom. The molecule has 1 fully saturated rings. The lowest BCUT2D eigenvalue weighted by atomic mass is 10.1. The molecule has 0 spiro atoms. The van der Waals surface area contributed by atoms with Crippen LogP contribution in [0, 0.1) is 12.8 Å². The molecular weight excluding hydrogens is 288 g/mol. The van der Waals surface area contributed by atoms with Crippen LogP contribution in [0.2, 0.25) is 0 Å². The van der Waals surface area contributed by atoms with E-state index < -0.39 is 5.92 Å². The van der Waals surface area contributed by atoms with Crippen LogP contribution in [0.3, 0.4) is 0 Å². The van der Waals surface area contributed by atoms with E-state index in [1.54, 1.807) is 4.90 Å². The van der Waals surface area contributed by atoms with Crippen molar-refractivity contribution >= 4 is 17.5 Å². The van der Waals surface area contributed by atoms with E-state index >= 15 is 0 Å². The minimum atomic E-state index is -0.585. The van der Waals surface area contributed by atoms with Gasteiger partial charge < -0.3 is 10.2 Å². The van der Waals surface area contributed by atoms with Gasteiger partial charge in [-0.3, -0.25) is 9.59 Å². The number of nitrogens with one attached hydrogen (secondary N) is 1. The Bertz CT molecular complexity index is 712. The molecule has 0 radical (unpaired) electrons. The van der Waals surface area contributed by atoms with Gasteiger partial charge in [-0.2, -0.15) is 0 Å². The van der Waals surface area contributed by atoms with E-state index in [1.165, 1.54) is 0 Å². The zero-order valence-corrected chi connectivity index (χ0v) is 13.2. The molecule has 0 saturated carbocycles. The first-order valence-electron chi connectivity index (χ1n) is 7.85. The van der Waals surface area contributed by atoms with Gasteiger partial charge in [0.2, 0.25) is 11.8 Å². The second-order valence-electron chi connectivity index (χ2n) is 5.82. The number of hydrogen-bond donors (Lipinski definition) is 1. The lowest BCUT2D eigenvalue weighted by molar-refractivity contribution is -0.132. The number of amides is 2. The Labute approximate surface area is 136 Å². The summed E-state index contributed by atoms with van der Waals surface area (Å²) in [4.78, 5) is 26.6. The highest BCUT2D eigenvalue weighted by Gasteiger charge is 2.37. The number of rotatable bonds is 4. The average molecular weight is 308 g/mol. The number of nitrogens with zero attached hydrogens (tertiary/aromatic N) is 1. The number of benzene rings is 2. The second-order valence-corrected chi connectivity index (χ2v) is 5.82. The first kappa shape index (κ1) is 15.3. The first-order chi connectivity index (χ1) is 11.2. The van der Waals surface area contributed by atoms with Crippen LogP contribution >= 0.6 is 0 Å². The predicted molar refractivity (Wildman–Crippen MR) is 89.9 cm³/mol. The van der Waals surface area contributed by atoms with E-state index in [9.17, 15) is 9.59 Å². The zero-order valence-electron chi connectivity index (χ0n) is 13.2. The van der Waals surface area contributed by atoms with Gasteiger partial charge in [0.1, 0.15) is 5.92 Å². The second kappa shape index (κ2) is 6.65. The van der Waals surface area contributed by atoms with Gasteiger partial charge in [0.25, 0.3) is 0 Å². The molecule has 0 bridgehead atoms. The number of anilines is 1. The third-order valence-electron chi connectivity index (χ3n) is 4.24. The fraction of sp³-hybridized carbons (Fsp3) is 0.263. The minimum absolute atomic E-state index is 0.107. The van der Waals surface area contributed by atoms with E-state index in [4.69, 9.17) is 0 Å². The Morgan fingerprint density at radius 2 is 1.83 bits per heavy atom. The number of carbonyl (C=O) groups excluding carboxylic acids is 2. The molecule has 2 amide bonds. The normalized spacial score (nSPS) is 17.3. The monoisotopic (exact) mass is 308 g/mol. The van der Waals surface area contributed by atoms with Crippen molar-refractivity contribution in [3.8, 4) is 0 Å². The first-order valence-corrected chi connectivity index (χ1v) is 7.85. The summed E-state index contributed by atoms with van der Waals surface area (Å²) in [6, 6.07) is 17.5. The molecule has 0 aromatic heterocycles. The van der Waals surface area contributed by atoms with Gasteiger partial charge in [-0.05, 0) is 30.5 Å². The van der Waals surface area contributed by atoms with Crippen LogP contribution < -0.4 is 10.2 Å². The maximum Gasteiger partial charge on any atom is 0.239 e. The molecule has 23 heavy (non-hydrogen) atoms. The topological polar surface area (TPSA) is 49.4 Å². The summed E-state index contributed by atoms with van der Waals surface area (Å²) in [6.45, 7) is 3.02. The highest BCUT2D eigenvalue weighted by molar-refractivity contribution is 6.09. The van der Waals surface area contributed by atoms with Crippen LogP contribution in [0.1, 0.15) is 17.5 Å². The highest BCUT2D eigenvalue weighted by atomic mass is 16.2. The molecule has 1 aliphatic rings. The fourth-order valence-electron chi connectivity index (χ4n) is 2.94. The van der Waals surface area contributed by atoms with Gasteiger partial charge in [-0.1, -0.05) is 48.5 Å². The van der Waals surface area contributed by atoms with Crippen LogP contribution in [-0.4, -0.2) is 18.4 Å². The van der Waals surface area contributed by atoms with Crippen LogP contribution in [-0.2, 0) is 16.1 Å². The third kappa shape index (κ3) is 3.26. The minimum Gasteiger partial charge on any atom is -0.351 e. The summed E-state index contributed by atoms with van der Waals surface area (Å²) >= 11 is 0. The molecule has 2 aromatic carbocycles. The molecular formula is C19H20N2O2. The van der Waals surface area contributed by atoms with Gasteiger partial charge in [0.15, 0.2) is 0 Å². The van der Waals surface area contributed by atoms with Gasteiger partial charge in [-0.25, -0.2) is 0 Å². The maximum absolute atomic E-state index is 12.6. The van der Waals surface area contributed by atoms with Crippen molar-refractivity contribution in [3.63, 3.8) is 0 Å². The van der Waals surface area contributed by atoms with E-state index in [2.05, 4.69) is 5.32 Å². The van der Waals surface area contributed by atoms with Crippen LogP contribution in [0.25, 0.3) is 0 Å². The molecule has 1 N–H and O–H groups in total. The Morgan fingerprint density at radius 1 is 1.13 bits per heavy atom. The van der Waals surface area contributed by atoms with Gasteiger partial charge >= 0.3 is 0 Å². The van der Waals surface area contributed by atoms with Gasteiger partial charge in [0, 0.05) is 18.8 Å². The van der Waals surface area contributed by atoms with Gasteiger partial charge in [0.05, 0.1) is 0 Å². The molecule has 1 heterocycles. The molecule has 1 saturated heterocycles. The highest BCUT2D eigenvalue weighted by Crippen LogP contribution is 2.27. The predicted octanol–water partition coefficient (Wildman–Crippen LogP) is 2.66. The summed E-state index contributed by atoms with van der Waals surface area (Å²) in [5, 5.41) is 2.87. The summed E-state index contributed by atoms with van der Waals surface area (Å²) in [5.41, 5.74) is 2.98. The molecule has 1 atom stereocenters. The van der Waals surface area contributed by atoms with Gasteiger partial charge in [-0.15, -0.1) is 0 Å². The molecule has 0 aliphatic carbocycles.